The van der Waals surface area contributed by atoms with E-state index in [4.69, 9.17) is 11.6 Å². The van der Waals surface area contributed by atoms with Crippen molar-refractivity contribution in [2.45, 2.75) is 29.7 Å². The second-order valence-corrected chi connectivity index (χ2v) is 13.1. The first-order valence-corrected chi connectivity index (χ1v) is 15.4. The number of amides is 3. The van der Waals surface area contributed by atoms with Crippen LogP contribution in [0.4, 0.5) is 17.1 Å². The number of hydrogen-bond donors (Lipinski definition) is 1. The van der Waals surface area contributed by atoms with Gasteiger partial charge in [0.15, 0.2) is 0 Å². The summed E-state index contributed by atoms with van der Waals surface area (Å²) < 4.78 is 1.43. The second-order valence-electron chi connectivity index (χ2n) is 10.6. The molecule has 2 aliphatic heterocycles. The lowest BCUT2D eigenvalue weighted by molar-refractivity contribution is -0.122. The number of nitrogens with zero attached hydrogens (tertiary/aromatic N) is 3. The summed E-state index contributed by atoms with van der Waals surface area (Å²) in [5.41, 5.74) is 3.89. The van der Waals surface area contributed by atoms with Crippen LogP contribution in [0.15, 0.2) is 82.6 Å². The van der Waals surface area contributed by atoms with Gasteiger partial charge in [0.25, 0.3) is 0 Å². The van der Waals surface area contributed by atoms with Gasteiger partial charge in [-0.15, -0.1) is 0 Å². The van der Waals surface area contributed by atoms with Gasteiger partial charge >= 0.3 is 4.87 Å². The lowest BCUT2D eigenvalue weighted by Gasteiger charge is -2.31. The zero-order chi connectivity index (χ0) is 29.7. The van der Waals surface area contributed by atoms with Crippen LogP contribution in [0.2, 0.25) is 5.02 Å². The summed E-state index contributed by atoms with van der Waals surface area (Å²) >= 11 is 8.29. The molecule has 3 amide bonds. The molecule has 8 nitrogen and oxygen atoms in total. The highest BCUT2D eigenvalue weighted by molar-refractivity contribution is 8.00. The first kappa shape index (κ1) is 28.3. The van der Waals surface area contributed by atoms with Crippen LogP contribution < -0.4 is 20.0 Å². The van der Waals surface area contributed by atoms with Gasteiger partial charge in [-0.1, -0.05) is 59.0 Å². The lowest BCUT2D eigenvalue weighted by atomic mass is 9.83. The Kier molecular flexibility index (Phi) is 7.46. The minimum atomic E-state index is -0.765. The number of thioether (sulfide) groups is 1. The molecular formula is C31H27ClN4O4S2. The Morgan fingerprint density at radius 2 is 1.69 bits per heavy atom. The van der Waals surface area contributed by atoms with Crippen LogP contribution in [0.5, 0.6) is 0 Å². The Morgan fingerprint density at radius 1 is 0.976 bits per heavy atom. The number of carbonyl (C=O) groups is 3. The van der Waals surface area contributed by atoms with Gasteiger partial charge in [-0.2, -0.15) is 0 Å². The molecule has 2 aliphatic rings. The summed E-state index contributed by atoms with van der Waals surface area (Å²) in [6.07, 6.45) is 0. The van der Waals surface area contributed by atoms with Crippen molar-refractivity contribution in [3.05, 3.63) is 103 Å². The van der Waals surface area contributed by atoms with E-state index in [9.17, 15) is 19.2 Å². The molecule has 0 radical (unpaired) electrons. The van der Waals surface area contributed by atoms with E-state index in [0.29, 0.717) is 26.3 Å². The van der Waals surface area contributed by atoms with Crippen LogP contribution in [-0.2, 0) is 20.9 Å². The van der Waals surface area contributed by atoms with E-state index in [0.717, 1.165) is 28.2 Å². The maximum absolute atomic E-state index is 14.0. The number of anilines is 3. The Balaban J connectivity index is 1.41. The molecule has 0 spiro atoms. The third-order valence-corrected chi connectivity index (χ3v) is 10.4. The molecule has 3 heterocycles. The van der Waals surface area contributed by atoms with Crippen molar-refractivity contribution in [1.29, 1.82) is 0 Å². The summed E-state index contributed by atoms with van der Waals surface area (Å²) in [5.74, 6) is -2.28. The van der Waals surface area contributed by atoms with Gasteiger partial charge in [0.1, 0.15) is 11.8 Å². The fraction of sp³-hybridized carbons (Fsp3) is 0.226. The predicted octanol–water partition coefficient (Wildman–Crippen LogP) is 5.37. The largest absolute Gasteiger partial charge is 0.378 e. The summed E-state index contributed by atoms with van der Waals surface area (Å²) in [5, 5.41) is 3.14. The van der Waals surface area contributed by atoms with Gasteiger partial charge in [-0.25, -0.2) is 4.90 Å². The number of rotatable bonds is 6. The van der Waals surface area contributed by atoms with E-state index < -0.39 is 17.1 Å². The number of hydrogen-bond acceptors (Lipinski definition) is 7. The van der Waals surface area contributed by atoms with Gasteiger partial charge in [0.05, 0.1) is 16.6 Å². The minimum Gasteiger partial charge on any atom is -0.378 e. The SMILES string of the molecule is Cc1cccc(NC(=O)Cn2c3c(sc2=O)C(c2ccc(N(C)C)cc2)C2C(=O)N(c4ccc(Cl)cc4)C(=O)C2S3)c1. The lowest BCUT2D eigenvalue weighted by Crippen LogP contribution is -2.33. The number of aromatic nitrogens is 1. The van der Waals surface area contributed by atoms with E-state index in [1.54, 1.807) is 30.3 Å². The number of thiazole rings is 1. The standard InChI is InChI=1S/C31H27ClN4O4S2/c1-17-5-4-6-20(15-17)33-23(37)16-35-30-27(42-31(35)40)24(18-7-11-21(12-8-18)34(2)3)25-26(41-30)29(39)36(28(25)38)22-13-9-19(32)10-14-22/h4-15,24-26H,16H2,1-3H3,(H,33,37). The molecule has 3 aromatic carbocycles. The number of carbonyl (C=O) groups excluding carboxylic acids is 3. The Bertz CT molecular complexity index is 1760. The molecule has 0 saturated carbocycles. The van der Waals surface area contributed by atoms with Gasteiger partial charge in [0, 0.05) is 41.3 Å². The molecule has 11 heteroatoms. The number of imide groups is 1. The molecule has 3 unspecified atom stereocenters. The molecule has 0 aliphatic carbocycles. The van der Waals surface area contributed by atoms with E-state index >= 15 is 0 Å². The Hall–Kier alpha value is -3.86. The second kappa shape index (κ2) is 11.1. The van der Waals surface area contributed by atoms with Crippen LogP contribution in [0.25, 0.3) is 0 Å². The number of halogens is 1. The zero-order valence-electron chi connectivity index (χ0n) is 23.0. The predicted molar refractivity (Wildman–Crippen MR) is 168 cm³/mol. The van der Waals surface area contributed by atoms with Crippen LogP contribution >= 0.6 is 34.7 Å². The molecule has 4 aromatic rings. The molecule has 214 valence electrons. The van der Waals surface area contributed by atoms with Crippen LogP contribution in [0, 0.1) is 12.8 Å². The summed E-state index contributed by atoms with van der Waals surface area (Å²) in [7, 11) is 3.88. The van der Waals surface area contributed by atoms with Crippen molar-refractivity contribution in [2.24, 2.45) is 5.92 Å². The summed E-state index contributed by atoms with van der Waals surface area (Å²) in [6.45, 7) is 1.72. The van der Waals surface area contributed by atoms with Crippen molar-refractivity contribution < 1.29 is 14.4 Å². The molecule has 1 saturated heterocycles. The molecule has 1 fully saturated rings. The van der Waals surface area contributed by atoms with Gasteiger partial charge in [-0.05, 0) is 66.6 Å². The monoisotopic (exact) mass is 618 g/mol. The summed E-state index contributed by atoms with van der Waals surface area (Å²) in [4.78, 5) is 57.9. The van der Waals surface area contributed by atoms with Crippen molar-refractivity contribution in [2.75, 3.05) is 29.2 Å². The number of nitrogens with one attached hydrogen (secondary N) is 1. The molecule has 0 bridgehead atoms. The van der Waals surface area contributed by atoms with Gasteiger partial charge in [-0.3, -0.25) is 23.7 Å². The van der Waals surface area contributed by atoms with Crippen LogP contribution in [0.1, 0.15) is 21.9 Å². The minimum absolute atomic E-state index is 0.210. The number of fused-ring (bicyclic) bond motifs is 2. The van der Waals surface area contributed by atoms with Crippen LogP contribution in [-0.4, -0.2) is 41.6 Å². The normalized spacial score (nSPS) is 19.4. The van der Waals surface area contributed by atoms with Crippen molar-refractivity contribution in [3.8, 4) is 0 Å². The highest BCUT2D eigenvalue weighted by Crippen LogP contribution is 2.54. The van der Waals surface area contributed by atoms with Gasteiger partial charge < -0.3 is 10.2 Å². The summed E-state index contributed by atoms with van der Waals surface area (Å²) in [6, 6.07) is 21.8. The molecule has 1 N–H and O–H groups in total. The maximum Gasteiger partial charge on any atom is 0.308 e. The first-order valence-electron chi connectivity index (χ1n) is 13.3. The van der Waals surface area contributed by atoms with E-state index in [1.807, 2.05) is 68.4 Å². The number of aryl methyl sites for hydroxylation is 1. The highest BCUT2D eigenvalue weighted by Gasteiger charge is 2.56. The Labute approximate surface area is 255 Å². The molecular weight excluding hydrogens is 592 g/mol. The highest BCUT2D eigenvalue weighted by atomic mass is 35.5. The van der Waals surface area contributed by atoms with E-state index in [1.165, 1.54) is 21.2 Å². The Morgan fingerprint density at radius 3 is 2.36 bits per heavy atom. The average Bonchev–Trinajstić information content (AvgIpc) is 3.40. The quantitative estimate of drug-likeness (QED) is 0.292. The van der Waals surface area contributed by atoms with Crippen molar-refractivity contribution >= 4 is 69.5 Å². The van der Waals surface area contributed by atoms with Crippen molar-refractivity contribution in [1.82, 2.24) is 4.57 Å². The number of benzene rings is 3. The fourth-order valence-corrected chi connectivity index (χ4v) is 8.41. The molecule has 6 rings (SSSR count). The smallest absolute Gasteiger partial charge is 0.308 e. The van der Waals surface area contributed by atoms with Gasteiger partial charge in [0.2, 0.25) is 17.7 Å². The molecule has 1 aromatic heterocycles. The third kappa shape index (κ3) is 5.04. The fourth-order valence-electron chi connectivity index (χ4n) is 5.51. The van der Waals surface area contributed by atoms with E-state index in [-0.39, 0.29) is 29.1 Å². The average molecular weight is 619 g/mol. The van der Waals surface area contributed by atoms with Crippen LogP contribution in [0.3, 0.4) is 0 Å². The van der Waals surface area contributed by atoms with Crippen molar-refractivity contribution in [3.63, 3.8) is 0 Å². The first-order chi connectivity index (χ1) is 20.1. The zero-order valence-corrected chi connectivity index (χ0v) is 25.4. The molecule has 42 heavy (non-hydrogen) atoms. The maximum atomic E-state index is 14.0. The topological polar surface area (TPSA) is 91.7 Å². The molecule has 3 atom stereocenters. The van der Waals surface area contributed by atoms with E-state index in [2.05, 4.69) is 5.32 Å². The third-order valence-electron chi connectivity index (χ3n) is 7.51.